The van der Waals surface area contributed by atoms with Crippen LogP contribution in [0.15, 0.2) is 18.3 Å². The number of ether oxygens (including phenoxy) is 1. The standard InChI is InChI=1S/C13H19N3O2/c1-9-5-10(14)8-16(7-9)11-3-4-15-12(6-11)13(17)18-2/h3-4,6,9-10H,5,7-8,14H2,1-2H3. The zero-order valence-electron chi connectivity index (χ0n) is 10.8. The van der Waals surface area contributed by atoms with Crippen LogP contribution in [0.5, 0.6) is 0 Å². The molecule has 2 atom stereocenters. The quantitative estimate of drug-likeness (QED) is 0.793. The van der Waals surface area contributed by atoms with Gasteiger partial charge in [-0.05, 0) is 24.5 Å². The van der Waals surface area contributed by atoms with Gasteiger partial charge in [-0.3, -0.25) is 0 Å². The third-order valence-electron chi connectivity index (χ3n) is 3.20. The van der Waals surface area contributed by atoms with E-state index in [2.05, 4.69) is 21.5 Å². The molecule has 2 N–H and O–H groups in total. The molecule has 1 fully saturated rings. The minimum absolute atomic E-state index is 0.184. The molecule has 1 saturated heterocycles. The summed E-state index contributed by atoms with van der Waals surface area (Å²) in [6.07, 6.45) is 2.68. The molecular formula is C13H19N3O2. The number of hydrogen-bond acceptors (Lipinski definition) is 5. The molecule has 2 heterocycles. The molecule has 98 valence electrons. The lowest BCUT2D eigenvalue weighted by atomic mass is 9.96. The summed E-state index contributed by atoms with van der Waals surface area (Å²) in [6, 6.07) is 3.84. The van der Waals surface area contributed by atoms with E-state index in [0.29, 0.717) is 11.6 Å². The van der Waals surface area contributed by atoms with Gasteiger partial charge in [0.2, 0.25) is 0 Å². The third-order valence-corrected chi connectivity index (χ3v) is 3.20. The molecule has 2 unspecified atom stereocenters. The number of methoxy groups -OCH3 is 1. The SMILES string of the molecule is COC(=O)c1cc(N2CC(C)CC(N)C2)ccn1. The van der Waals surface area contributed by atoms with E-state index < -0.39 is 5.97 Å². The van der Waals surface area contributed by atoms with Gasteiger partial charge in [-0.1, -0.05) is 6.92 Å². The highest BCUT2D eigenvalue weighted by atomic mass is 16.5. The van der Waals surface area contributed by atoms with Gasteiger partial charge < -0.3 is 15.4 Å². The topological polar surface area (TPSA) is 68.5 Å². The van der Waals surface area contributed by atoms with Crippen LogP contribution in [0.25, 0.3) is 0 Å². The second-order valence-electron chi connectivity index (χ2n) is 4.90. The highest BCUT2D eigenvalue weighted by molar-refractivity contribution is 5.88. The van der Waals surface area contributed by atoms with Crippen molar-refractivity contribution in [1.82, 2.24) is 4.98 Å². The average molecular weight is 249 g/mol. The van der Waals surface area contributed by atoms with E-state index in [1.165, 1.54) is 7.11 Å². The maximum absolute atomic E-state index is 11.4. The number of aromatic nitrogens is 1. The third kappa shape index (κ3) is 2.79. The summed E-state index contributed by atoms with van der Waals surface area (Å²) in [5.41, 5.74) is 7.34. The first-order valence-electron chi connectivity index (χ1n) is 6.15. The molecule has 5 heteroatoms. The molecule has 1 aromatic heterocycles. The Morgan fingerprint density at radius 1 is 1.56 bits per heavy atom. The van der Waals surface area contributed by atoms with E-state index in [-0.39, 0.29) is 6.04 Å². The van der Waals surface area contributed by atoms with Gasteiger partial charge >= 0.3 is 5.97 Å². The smallest absolute Gasteiger partial charge is 0.356 e. The van der Waals surface area contributed by atoms with E-state index >= 15 is 0 Å². The van der Waals surface area contributed by atoms with E-state index in [9.17, 15) is 4.79 Å². The number of esters is 1. The molecule has 0 aliphatic carbocycles. The first kappa shape index (κ1) is 12.8. The highest BCUT2D eigenvalue weighted by Crippen LogP contribution is 2.22. The molecule has 5 nitrogen and oxygen atoms in total. The van der Waals surface area contributed by atoms with Crippen LogP contribution < -0.4 is 10.6 Å². The van der Waals surface area contributed by atoms with Gasteiger partial charge in [-0.25, -0.2) is 9.78 Å². The number of piperidine rings is 1. The Hall–Kier alpha value is -1.62. The van der Waals surface area contributed by atoms with E-state index in [0.717, 1.165) is 25.2 Å². The molecule has 0 spiro atoms. The molecule has 1 aliphatic rings. The number of carbonyl (C=O) groups excluding carboxylic acids is 1. The Morgan fingerprint density at radius 2 is 2.33 bits per heavy atom. The van der Waals surface area contributed by atoms with Crippen LogP contribution in [0.4, 0.5) is 5.69 Å². The van der Waals surface area contributed by atoms with E-state index in [4.69, 9.17) is 5.73 Å². The van der Waals surface area contributed by atoms with Crippen molar-refractivity contribution in [3.63, 3.8) is 0 Å². The van der Waals surface area contributed by atoms with Crippen molar-refractivity contribution in [2.24, 2.45) is 11.7 Å². The minimum atomic E-state index is -0.411. The fourth-order valence-electron chi connectivity index (χ4n) is 2.44. The predicted octanol–water partition coefficient (Wildman–Crippen LogP) is 1.04. The maximum Gasteiger partial charge on any atom is 0.356 e. The van der Waals surface area contributed by atoms with Gasteiger partial charge in [0.15, 0.2) is 0 Å². The molecule has 0 bridgehead atoms. The monoisotopic (exact) mass is 249 g/mol. The van der Waals surface area contributed by atoms with Gasteiger partial charge in [-0.2, -0.15) is 0 Å². The number of rotatable bonds is 2. The molecule has 18 heavy (non-hydrogen) atoms. The Bertz CT molecular complexity index is 426. The maximum atomic E-state index is 11.4. The molecule has 1 aliphatic heterocycles. The molecule has 0 aromatic carbocycles. The lowest BCUT2D eigenvalue weighted by Gasteiger charge is -2.36. The number of carbonyl (C=O) groups is 1. The second kappa shape index (κ2) is 5.35. The summed E-state index contributed by atoms with van der Waals surface area (Å²) in [5.74, 6) is 0.148. The van der Waals surface area contributed by atoms with E-state index in [1.807, 2.05) is 6.07 Å². The fraction of sp³-hybridized carbons (Fsp3) is 0.538. The molecule has 0 radical (unpaired) electrons. The first-order chi connectivity index (χ1) is 8.60. The van der Waals surface area contributed by atoms with Gasteiger partial charge in [-0.15, -0.1) is 0 Å². The summed E-state index contributed by atoms with van der Waals surface area (Å²) in [5, 5.41) is 0. The van der Waals surface area contributed by atoms with Crippen molar-refractivity contribution in [3.8, 4) is 0 Å². The predicted molar refractivity (Wildman–Crippen MR) is 69.5 cm³/mol. The van der Waals surface area contributed by atoms with Crippen molar-refractivity contribution in [2.75, 3.05) is 25.1 Å². The Morgan fingerprint density at radius 3 is 3.00 bits per heavy atom. The van der Waals surface area contributed by atoms with Crippen molar-refractivity contribution in [3.05, 3.63) is 24.0 Å². The van der Waals surface area contributed by atoms with Gasteiger partial charge in [0, 0.05) is 31.0 Å². The number of hydrogen-bond donors (Lipinski definition) is 1. The Labute approximate surface area is 107 Å². The first-order valence-corrected chi connectivity index (χ1v) is 6.15. The second-order valence-corrected chi connectivity index (χ2v) is 4.90. The summed E-state index contributed by atoms with van der Waals surface area (Å²) >= 11 is 0. The van der Waals surface area contributed by atoms with Crippen molar-refractivity contribution in [1.29, 1.82) is 0 Å². The Kier molecular flexibility index (Phi) is 3.81. The zero-order chi connectivity index (χ0) is 13.1. The lowest BCUT2D eigenvalue weighted by molar-refractivity contribution is 0.0594. The fourth-order valence-corrected chi connectivity index (χ4v) is 2.44. The molecule has 2 rings (SSSR count). The number of anilines is 1. The van der Waals surface area contributed by atoms with Crippen LogP contribution in [-0.4, -0.2) is 37.2 Å². The Balaban J connectivity index is 2.20. The number of nitrogens with two attached hydrogens (primary N) is 1. The van der Waals surface area contributed by atoms with Gasteiger partial charge in [0.25, 0.3) is 0 Å². The summed E-state index contributed by atoms with van der Waals surface area (Å²) in [7, 11) is 1.36. The van der Waals surface area contributed by atoms with Crippen molar-refractivity contribution >= 4 is 11.7 Å². The summed E-state index contributed by atoms with van der Waals surface area (Å²) in [6.45, 7) is 3.96. The van der Waals surface area contributed by atoms with Gasteiger partial charge in [0.05, 0.1) is 7.11 Å². The van der Waals surface area contributed by atoms with Crippen LogP contribution >= 0.6 is 0 Å². The van der Waals surface area contributed by atoms with Crippen LogP contribution in [0.3, 0.4) is 0 Å². The largest absolute Gasteiger partial charge is 0.464 e. The molecule has 1 aromatic rings. The number of pyridine rings is 1. The van der Waals surface area contributed by atoms with Gasteiger partial charge in [0.1, 0.15) is 5.69 Å². The van der Waals surface area contributed by atoms with Crippen molar-refractivity contribution < 1.29 is 9.53 Å². The van der Waals surface area contributed by atoms with Crippen molar-refractivity contribution in [2.45, 2.75) is 19.4 Å². The highest BCUT2D eigenvalue weighted by Gasteiger charge is 2.23. The normalized spacial score (nSPS) is 23.8. The zero-order valence-corrected chi connectivity index (χ0v) is 10.8. The van der Waals surface area contributed by atoms with E-state index in [1.54, 1.807) is 12.3 Å². The molecule has 0 saturated carbocycles. The summed E-state index contributed by atoms with van der Waals surface area (Å²) < 4.78 is 4.68. The van der Waals surface area contributed by atoms with Crippen LogP contribution in [0, 0.1) is 5.92 Å². The number of nitrogens with zero attached hydrogens (tertiary/aromatic N) is 2. The average Bonchev–Trinajstić information content (AvgIpc) is 2.37. The lowest BCUT2D eigenvalue weighted by Crippen LogP contribution is -2.46. The van der Waals surface area contributed by atoms with Crippen LogP contribution in [0.1, 0.15) is 23.8 Å². The summed E-state index contributed by atoms with van der Waals surface area (Å²) in [4.78, 5) is 17.7. The minimum Gasteiger partial charge on any atom is -0.464 e. The molecule has 0 amide bonds. The molecular weight excluding hydrogens is 230 g/mol. The van der Waals surface area contributed by atoms with Crippen LogP contribution in [-0.2, 0) is 4.74 Å². The van der Waals surface area contributed by atoms with Crippen LogP contribution in [0.2, 0.25) is 0 Å².